The predicted molar refractivity (Wildman–Crippen MR) is 79.7 cm³/mol. The zero-order valence-electron chi connectivity index (χ0n) is 12.0. The Hall–Kier alpha value is -1.60. The van der Waals surface area contributed by atoms with Crippen LogP contribution in [0.2, 0.25) is 0 Å². The van der Waals surface area contributed by atoms with Crippen LogP contribution in [-0.2, 0) is 21.2 Å². The molecule has 0 spiro atoms. The zero-order chi connectivity index (χ0) is 15.5. The maximum absolute atomic E-state index is 12.1. The molecule has 2 rings (SSSR count). The summed E-state index contributed by atoms with van der Waals surface area (Å²) >= 11 is 0. The van der Waals surface area contributed by atoms with E-state index in [0.717, 1.165) is 5.56 Å². The highest BCUT2D eigenvalue weighted by molar-refractivity contribution is 7.91. The van der Waals surface area contributed by atoms with E-state index < -0.39 is 9.84 Å². The van der Waals surface area contributed by atoms with Crippen LogP contribution in [0, 0.1) is 0 Å². The molecule has 0 aliphatic carbocycles. The van der Waals surface area contributed by atoms with Crippen LogP contribution < -0.4 is 10.5 Å². The number of hydrogen-bond acceptors (Lipinski definition) is 5. The third kappa shape index (κ3) is 4.18. The van der Waals surface area contributed by atoms with Crippen LogP contribution in [0.15, 0.2) is 24.3 Å². The summed E-state index contributed by atoms with van der Waals surface area (Å²) in [6, 6.07) is 6.99. The highest BCUT2D eigenvalue weighted by atomic mass is 32.2. The quantitative estimate of drug-likeness (QED) is 0.837. The maximum atomic E-state index is 12.1. The van der Waals surface area contributed by atoms with Crippen molar-refractivity contribution in [2.45, 2.75) is 19.0 Å². The van der Waals surface area contributed by atoms with Crippen molar-refractivity contribution in [2.24, 2.45) is 5.73 Å². The second-order valence-corrected chi connectivity index (χ2v) is 7.43. The van der Waals surface area contributed by atoms with Crippen molar-refractivity contribution in [3.8, 4) is 5.75 Å². The molecule has 7 heteroatoms. The SMILES string of the molecule is CN(C(=O)COc1cccc(CN)c1)C1CCS(=O)(=O)C1. The van der Waals surface area contributed by atoms with E-state index in [2.05, 4.69) is 0 Å². The zero-order valence-corrected chi connectivity index (χ0v) is 12.8. The van der Waals surface area contributed by atoms with Gasteiger partial charge in [0.1, 0.15) is 5.75 Å². The van der Waals surface area contributed by atoms with Crippen molar-refractivity contribution in [3.05, 3.63) is 29.8 Å². The summed E-state index contributed by atoms with van der Waals surface area (Å²) in [5, 5.41) is 0. The third-order valence-corrected chi connectivity index (χ3v) is 5.40. The molecule has 1 aromatic carbocycles. The molecule has 1 amide bonds. The van der Waals surface area contributed by atoms with Crippen molar-refractivity contribution < 1.29 is 17.9 Å². The molecule has 6 nitrogen and oxygen atoms in total. The van der Waals surface area contributed by atoms with E-state index in [9.17, 15) is 13.2 Å². The number of nitrogens with zero attached hydrogens (tertiary/aromatic N) is 1. The van der Waals surface area contributed by atoms with E-state index in [1.807, 2.05) is 12.1 Å². The molecule has 1 aliphatic heterocycles. The van der Waals surface area contributed by atoms with Crippen molar-refractivity contribution in [1.82, 2.24) is 4.90 Å². The van der Waals surface area contributed by atoms with E-state index in [-0.39, 0.29) is 30.1 Å². The number of benzene rings is 1. The van der Waals surface area contributed by atoms with E-state index in [0.29, 0.717) is 18.7 Å². The molecule has 116 valence electrons. The number of hydrogen-bond donors (Lipinski definition) is 1. The molecule has 0 aromatic heterocycles. The number of nitrogens with two attached hydrogens (primary N) is 1. The number of amides is 1. The van der Waals surface area contributed by atoms with E-state index in [4.69, 9.17) is 10.5 Å². The van der Waals surface area contributed by atoms with Crippen LogP contribution in [0.3, 0.4) is 0 Å². The van der Waals surface area contributed by atoms with Gasteiger partial charge < -0.3 is 15.4 Å². The summed E-state index contributed by atoms with van der Waals surface area (Å²) in [7, 11) is -1.38. The van der Waals surface area contributed by atoms with Crippen molar-refractivity contribution >= 4 is 15.7 Å². The molecule has 0 bridgehead atoms. The molecule has 1 aliphatic rings. The molecule has 1 saturated heterocycles. The van der Waals surface area contributed by atoms with Crippen molar-refractivity contribution in [1.29, 1.82) is 0 Å². The normalized spacial score (nSPS) is 20.2. The van der Waals surface area contributed by atoms with Gasteiger partial charge >= 0.3 is 0 Å². The molecular formula is C14H20N2O4S. The third-order valence-electron chi connectivity index (χ3n) is 3.65. The maximum Gasteiger partial charge on any atom is 0.260 e. The fourth-order valence-electron chi connectivity index (χ4n) is 2.29. The lowest BCUT2D eigenvalue weighted by molar-refractivity contribution is -0.133. The summed E-state index contributed by atoms with van der Waals surface area (Å²) in [6.45, 7) is 0.298. The monoisotopic (exact) mass is 312 g/mol. The predicted octanol–water partition coefficient (Wildman–Crippen LogP) is 0.170. The van der Waals surface area contributed by atoms with Crippen LogP contribution in [-0.4, -0.2) is 50.4 Å². The summed E-state index contributed by atoms with van der Waals surface area (Å²) < 4.78 is 28.3. The highest BCUT2D eigenvalue weighted by Gasteiger charge is 2.32. The summed E-state index contributed by atoms with van der Waals surface area (Å²) in [4.78, 5) is 13.5. The Morgan fingerprint density at radius 3 is 2.86 bits per heavy atom. The fourth-order valence-corrected chi connectivity index (χ4v) is 4.07. The Kier molecular flexibility index (Phi) is 4.84. The second-order valence-electron chi connectivity index (χ2n) is 5.20. The average molecular weight is 312 g/mol. The molecule has 1 fully saturated rings. The van der Waals surface area contributed by atoms with Gasteiger partial charge in [0.05, 0.1) is 11.5 Å². The summed E-state index contributed by atoms with van der Waals surface area (Å²) in [5.41, 5.74) is 6.47. The number of carbonyl (C=O) groups excluding carboxylic acids is 1. The molecule has 21 heavy (non-hydrogen) atoms. The molecule has 1 aromatic rings. The van der Waals surface area contributed by atoms with Gasteiger partial charge in [-0.25, -0.2) is 8.42 Å². The largest absolute Gasteiger partial charge is 0.484 e. The van der Waals surface area contributed by atoms with Crippen molar-refractivity contribution in [2.75, 3.05) is 25.2 Å². The van der Waals surface area contributed by atoms with E-state index in [1.54, 1.807) is 19.2 Å². The average Bonchev–Trinajstić information content (AvgIpc) is 2.84. The Morgan fingerprint density at radius 2 is 2.24 bits per heavy atom. The lowest BCUT2D eigenvalue weighted by atomic mass is 10.2. The van der Waals surface area contributed by atoms with Gasteiger partial charge in [-0.05, 0) is 24.1 Å². The Morgan fingerprint density at radius 1 is 1.48 bits per heavy atom. The molecule has 1 unspecified atom stereocenters. The van der Waals surface area contributed by atoms with Crippen LogP contribution in [0.4, 0.5) is 0 Å². The molecule has 1 heterocycles. The van der Waals surface area contributed by atoms with Gasteiger partial charge in [0.2, 0.25) is 0 Å². The number of sulfone groups is 1. The van der Waals surface area contributed by atoms with Gasteiger partial charge in [-0.15, -0.1) is 0 Å². The summed E-state index contributed by atoms with van der Waals surface area (Å²) in [5.74, 6) is 0.543. The van der Waals surface area contributed by atoms with Crippen LogP contribution >= 0.6 is 0 Å². The first-order valence-electron chi connectivity index (χ1n) is 6.79. The van der Waals surface area contributed by atoms with Crippen molar-refractivity contribution in [3.63, 3.8) is 0 Å². The number of likely N-dealkylation sites (N-methyl/N-ethyl adjacent to an activating group) is 1. The van der Waals surface area contributed by atoms with Gasteiger partial charge in [0.15, 0.2) is 16.4 Å². The number of carbonyl (C=O) groups is 1. The fraction of sp³-hybridized carbons (Fsp3) is 0.500. The standard InChI is InChI=1S/C14H20N2O4S/c1-16(12-5-6-21(18,19)10-12)14(17)9-20-13-4-2-3-11(7-13)8-15/h2-4,7,12H,5-6,8-10,15H2,1H3. The Balaban J connectivity index is 1.89. The number of ether oxygens (including phenoxy) is 1. The Labute approximate surface area is 124 Å². The number of rotatable bonds is 5. The Bertz CT molecular complexity index is 615. The minimum atomic E-state index is -3.00. The summed E-state index contributed by atoms with van der Waals surface area (Å²) in [6.07, 6.45) is 0.493. The van der Waals surface area contributed by atoms with Gasteiger partial charge in [-0.1, -0.05) is 12.1 Å². The van der Waals surface area contributed by atoms with Gasteiger partial charge in [-0.3, -0.25) is 4.79 Å². The smallest absolute Gasteiger partial charge is 0.260 e. The first-order valence-corrected chi connectivity index (χ1v) is 8.61. The molecule has 0 radical (unpaired) electrons. The van der Waals surface area contributed by atoms with E-state index in [1.165, 1.54) is 4.90 Å². The van der Waals surface area contributed by atoms with Gasteiger partial charge in [0, 0.05) is 19.6 Å². The minimum absolute atomic E-state index is 0.0396. The molecule has 1 atom stereocenters. The van der Waals surface area contributed by atoms with Gasteiger partial charge in [0.25, 0.3) is 5.91 Å². The lowest BCUT2D eigenvalue weighted by Crippen LogP contribution is -2.40. The van der Waals surface area contributed by atoms with Crippen LogP contribution in [0.25, 0.3) is 0 Å². The molecular weight excluding hydrogens is 292 g/mol. The van der Waals surface area contributed by atoms with Gasteiger partial charge in [-0.2, -0.15) is 0 Å². The van der Waals surface area contributed by atoms with Crippen LogP contribution in [0.5, 0.6) is 5.75 Å². The first-order chi connectivity index (χ1) is 9.91. The minimum Gasteiger partial charge on any atom is -0.484 e. The topological polar surface area (TPSA) is 89.7 Å². The van der Waals surface area contributed by atoms with E-state index >= 15 is 0 Å². The van der Waals surface area contributed by atoms with Crippen LogP contribution in [0.1, 0.15) is 12.0 Å². The highest BCUT2D eigenvalue weighted by Crippen LogP contribution is 2.17. The molecule has 0 saturated carbocycles. The first kappa shape index (κ1) is 15.8. The molecule has 2 N–H and O–H groups in total. The lowest BCUT2D eigenvalue weighted by Gasteiger charge is -2.23. The second kappa shape index (κ2) is 6.44.